The molecule has 2 heterocycles. The van der Waals surface area contributed by atoms with Crippen molar-refractivity contribution in [2.45, 2.75) is 104 Å². The number of rotatable bonds is 8. The minimum Gasteiger partial charge on any atom is -0.465 e. The first kappa shape index (κ1) is 26.1. The topological polar surface area (TPSA) is 105 Å². The quantitative estimate of drug-likeness (QED) is 0.562. The molecule has 0 aliphatic carbocycles. The lowest BCUT2D eigenvalue weighted by molar-refractivity contribution is -0.188. The minimum absolute atomic E-state index is 0.153. The van der Waals surface area contributed by atoms with E-state index in [0.29, 0.717) is 31.7 Å². The Bertz CT molecular complexity index is 702. The highest BCUT2D eigenvalue weighted by Crippen LogP contribution is 2.27. The van der Waals surface area contributed by atoms with Gasteiger partial charge in [0.15, 0.2) is 6.04 Å². The summed E-state index contributed by atoms with van der Waals surface area (Å²) in [5.74, 6) is -1.13. The number of carbonyl (C=O) groups excluding carboxylic acids is 4. The van der Waals surface area contributed by atoms with E-state index < -0.39 is 35.7 Å². The Morgan fingerprint density at radius 2 is 1.84 bits per heavy atom. The second kappa shape index (κ2) is 11.1. The second-order valence-corrected chi connectivity index (χ2v) is 9.92. The van der Waals surface area contributed by atoms with E-state index in [9.17, 15) is 19.2 Å². The number of hydrogen-bond donors (Lipinski definition) is 1. The van der Waals surface area contributed by atoms with E-state index in [1.807, 2.05) is 0 Å². The van der Waals surface area contributed by atoms with Gasteiger partial charge in [0.2, 0.25) is 5.91 Å². The smallest absolute Gasteiger partial charge is 0.331 e. The Labute approximate surface area is 191 Å². The molecule has 3 atom stereocenters. The molecule has 2 aliphatic heterocycles. The molecule has 1 N–H and O–H groups in total. The Kier molecular flexibility index (Phi) is 9.07. The molecule has 0 spiro atoms. The number of hydrogen-bond acceptors (Lipinski definition) is 7. The number of esters is 2. The third kappa shape index (κ3) is 6.92. The van der Waals surface area contributed by atoms with Crippen molar-refractivity contribution >= 4 is 23.8 Å². The fourth-order valence-electron chi connectivity index (χ4n) is 4.03. The van der Waals surface area contributed by atoms with Crippen LogP contribution in [0.3, 0.4) is 0 Å². The average molecular weight is 454 g/mol. The molecule has 2 aliphatic rings. The third-order valence-electron chi connectivity index (χ3n) is 5.55. The number of hydrazine groups is 1. The number of nitrogens with one attached hydrogen (secondary N) is 1. The van der Waals surface area contributed by atoms with E-state index in [-0.39, 0.29) is 31.3 Å². The normalized spacial score (nSPS) is 23.0. The van der Waals surface area contributed by atoms with Gasteiger partial charge in [-0.2, -0.15) is 0 Å². The summed E-state index contributed by atoms with van der Waals surface area (Å²) in [7, 11) is 0. The van der Waals surface area contributed by atoms with Gasteiger partial charge < -0.3 is 9.47 Å². The fourth-order valence-corrected chi connectivity index (χ4v) is 4.03. The number of nitrogens with zero attached hydrogens (tertiary/aromatic N) is 2. The minimum atomic E-state index is -0.862. The summed E-state index contributed by atoms with van der Waals surface area (Å²) in [5, 5.41) is 5.81. The Morgan fingerprint density at radius 3 is 2.44 bits per heavy atom. The highest BCUT2D eigenvalue weighted by atomic mass is 16.6. The van der Waals surface area contributed by atoms with Gasteiger partial charge in [-0.3, -0.25) is 24.7 Å². The predicted octanol–water partition coefficient (Wildman–Crippen LogP) is 2.18. The van der Waals surface area contributed by atoms with Crippen molar-refractivity contribution in [2.75, 3.05) is 13.2 Å². The molecule has 0 aromatic rings. The number of amides is 2. The summed E-state index contributed by atoms with van der Waals surface area (Å²) >= 11 is 0. The SMILES string of the molecule is CCOC(=O)[C@@H](CCC(C)C)N[C@H]1CCC(=O)N2CCC[C@@H](C(=O)OC(C)(C)C)N2C1=O. The van der Waals surface area contributed by atoms with E-state index in [1.54, 1.807) is 27.7 Å². The predicted molar refractivity (Wildman–Crippen MR) is 118 cm³/mol. The molecule has 182 valence electrons. The van der Waals surface area contributed by atoms with Crippen molar-refractivity contribution in [2.24, 2.45) is 5.92 Å². The summed E-state index contributed by atoms with van der Waals surface area (Å²) in [6.07, 6.45) is 2.74. The van der Waals surface area contributed by atoms with Gasteiger partial charge in [0, 0.05) is 13.0 Å². The molecule has 2 saturated heterocycles. The van der Waals surface area contributed by atoms with Crippen LogP contribution < -0.4 is 5.32 Å². The molecule has 0 bridgehead atoms. The zero-order valence-corrected chi connectivity index (χ0v) is 20.3. The summed E-state index contributed by atoms with van der Waals surface area (Å²) in [5.41, 5.74) is -0.707. The van der Waals surface area contributed by atoms with Crippen LogP contribution in [0.1, 0.15) is 80.1 Å². The highest BCUT2D eigenvalue weighted by Gasteiger charge is 2.46. The van der Waals surface area contributed by atoms with E-state index >= 15 is 0 Å². The van der Waals surface area contributed by atoms with Gasteiger partial charge in [-0.15, -0.1) is 0 Å². The number of carbonyl (C=O) groups is 4. The van der Waals surface area contributed by atoms with Gasteiger partial charge >= 0.3 is 11.9 Å². The average Bonchev–Trinajstić information content (AvgIpc) is 2.81. The first-order valence-electron chi connectivity index (χ1n) is 11.7. The first-order valence-corrected chi connectivity index (χ1v) is 11.7. The van der Waals surface area contributed by atoms with Gasteiger partial charge in [0.05, 0.1) is 12.6 Å². The first-order chi connectivity index (χ1) is 14.9. The molecular weight excluding hydrogens is 414 g/mol. The van der Waals surface area contributed by atoms with Crippen molar-refractivity contribution in [3.05, 3.63) is 0 Å². The van der Waals surface area contributed by atoms with Crippen molar-refractivity contribution in [3.63, 3.8) is 0 Å². The lowest BCUT2D eigenvalue weighted by Gasteiger charge is -2.43. The Morgan fingerprint density at radius 1 is 1.16 bits per heavy atom. The lowest BCUT2D eigenvalue weighted by atomic mass is 10.0. The van der Waals surface area contributed by atoms with Gasteiger partial charge in [0.25, 0.3) is 5.91 Å². The van der Waals surface area contributed by atoms with Crippen LogP contribution in [0.25, 0.3) is 0 Å². The second-order valence-electron chi connectivity index (χ2n) is 9.92. The molecule has 0 aromatic heterocycles. The molecule has 2 rings (SSSR count). The van der Waals surface area contributed by atoms with E-state index in [4.69, 9.17) is 9.47 Å². The zero-order valence-electron chi connectivity index (χ0n) is 20.3. The molecular formula is C23H39N3O6. The van der Waals surface area contributed by atoms with E-state index in [2.05, 4.69) is 19.2 Å². The van der Waals surface area contributed by atoms with Crippen molar-refractivity contribution in [1.29, 1.82) is 0 Å². The van der Waals surface area contributed by atoms with Crippen molar-refractivity contribution in [3.8, 4) is 0 Å². The molecule has 0 radical (unpaired) electrons. The van der Waals surface area contributed by atoms with Crippen molar-refractivity contribution in [1.82, 2.24) is 15.3 Å². The van der Waals surface area contributed by atoms with E-state index in [0.717, 1.165) is 6.42 Å². The number of fused-ring (bicyclic) bond motifs is 1. The molecule has 0 unspecified atom stereocenters. The van der Waals surface area contributed by atoms with Crippen LogP contribution in [0.15, 0.2) is 0 Å². The van der Waals surface area contributed by atoms with Crippen LogP contribution >= 0.6 is 0 Å². The van der Waals surface area contributed by atoms with E-state index in [1.165, 1.54) is 10.0 Å². The zero-order chi connectivity index (χ0) is 24.1. The monoisotopic (exact) mass is 453 g/mol. The van der Waals surface area contributed by atoms with Crippen LogP contribution in [-0.2, 0) is 28.7 Å². The van der Waals surface area contributed by atoms with Crippen molar-refractivity contribution < 1.29 is 28.7 Å². The summed E-state index contributed by atoms with van der Waals surface area (Å²) in [4.78, 5) is 51.8. The highest BCUT2D eigenvalue weighted by molar-refractivity contribution is 5.92. The van der Waals surface area contributed by atoms with Gasteiger partial charge in [-0.1, -0.05) is 13.8 Å². The summed E-state index contributed by atoms with van der Waals surface area (Å²) < 4.78 is 10.7. The molecule has 0 aromatic carbocycles. The van der Waals surface area contributed by atoms with Gasteiger partial charge in [-0.05, 0) is 65.7 Å². The van der Waals surface area contributed by atoms with Crippen LogP contribution in [0.5, 0.6) is 0 Å². The lowest BCUT2D eigenvalue weighted by Crippen LogP contribution is -2.63. The van der Waals surface area contributed by atoms with Crippen LogP contribution in [0.2, 0.25) is 0 Å². The molecule has 9 heteroatoms. The van der Waals surface area contributed by atoms with Crippen LogP contribution in [0, 0.1) is 5.92 Å². The molecule has 9 nitrogen and oxygen atoms in total. The van der Waals surface area contributed by atoms with Gasteiger partial charge in [0.1, 0.15) is 11.6 Å². The maximum atomic E-state index is 13.6. The summed E-state index contributed by atoms with van der Waals surface area (Å²) in [6.45, 7) is 11.8. The number of ether oxygens (including phenoxy) is 2. The summed E-state index contributed by atoms with van der Waals surface area (Å²) in [6, 6.07) is -2.29. The van der Waals surface area contributed by atoms with Crippen LogP contribution in [-0.4, -0.2) is 70.6 Å². The molecule has 0 saturated carbocycles. The van der Waals surface area contributed by atoms with Crippen LogP contribution in [0.4, 0.5) is 0 Å². The molecule has 32 heavy (non-hydrogen) atoms. The third-order valence-corrected chi connectivity index (χ3v) is 5.55. The molecule has 2 amide bonds. The maximum Gasteiger partial charge on any atom is 0.331 e. The Hall–Kier alpha value is -2.16. The maximum absolute atomic E-state index is 13.6. The molecule has 2 fully saturated rings. The largest absolute Gasteiger partial charge is 0.465 e. The standard InChI is InChI=1S/C23H39N3O6/c1-7-31-21(29)17(11-10-15(2)3)24-16-12-13-19(27)25-14-8-9-18(26(25)20(16)28)22(30)32-23(4,5)6/h15-18,24H,7-14H2,1-6H3/t16-,17+,18-/m0/s1. The Balaban J connectivity index is 2.27. The van der Waals surface area contributed by atoms with Gasteiger partial charge in [-0.25, -0.2) is 9.80 Å². The fraction of sp³-hybridized carbons (Fsp3) is 0.826.